The van der Waals surface area contributed by atoms with Crippen molar-refractivity contribution in [3.05, 3.63) is 23.6 Å². The predicted octanol–water partition coefficient (Wildman–Crippen LogP) is 2.69. The van der Waals surface area contributed by atoms with Gasteiger partial charge in [0, 0.05) is 6.08 Å². The molecule has 1 N–H and O–H groups in total. The van der Waals surface area contributed by atoms with Crippen LogP contribution in [0, 0.1) is 5.92 Å². The van der Waals surface area contributed by atoms with E-state index >= 15 is 0 Å². The van der Waals surface area contributed by atoms with Crippen LogP contribution in [0.4, 0.5) is 0 Å². The summed E-state index contributed by atoms with van der Waals surface area (Å²) < 4.78 is 0. The minimum absolute atomic E-state index is 0.0215. The van der Waals surface area contributed by atoms with E-state index in [1.54, 1.807) is 6.08 Å². The summed E-state index contributed by atoms with van der Waals surface area (Å²) >= 11 is 0. The van der Waals surface area contributed by atoms with Gasteiger partial charge < -0.3 is 5.11 Å². The van der Waals surface area contributed by atoms with Crippen molar-refractivity contribution in [3.8, 4) is 0 Å². The van der Waals surface area contributed by atoms with Crippen LogP contribution < -0.4 is 0 Å². The largest absolute Gasteiger partial charge is 0.493 e. The van der Waals surface area contributed by atoms with E-state index in [2.05, 4.69) is 25.6 Å². The molecule has 0 rings (SSSR count). The van der Waals surface area contributed by atoms with Crippen molar-refractivity contribution in [1.82, 2.24) is 0 Å². The third-order valence-corrected chi connectivity index (χ3v) is 1.46. The third-order valence-electron chi connectivity index (χ3n) is 1.46. The van der Waals surface area contributed by atoms with Gasteiger partial charge in [0.1, 0.15) is 0 Å². The monoisotopic (exact) mass is 153 g/mol. The van der Waals surface area contributed by atoms with Gasteiger partial charge >= 0.3 is 0 Å². The number of aliphatic imine (C=N–C) groups is 1. The molecule has 0 fully saturated rings. The summed E-state index contributed by atoms with van der Waals surface area (Å²) in [5.41, 5.74) is 1.06. The molecule has 0 aromatic rings. The summed E-state index contributed by atoms with van der Waals surface area (Å²) in [7, 11) is 0. The van der Waals surface area contributed by atoms with Gasteiger partial charge in [-0.05, 0) is 25.1 Å². The van der Waals surface area contributed by atoms with E-state index in [4.69, 9.17) is 5.11 Å². The Balaban J connectivity index is 4.44. The van der Waals surface area contributed by atoms with E-state index in [9.17, 15) is 0 Å². The molecule has 0 saturated heterocycles. The maximum atomic E-state index is 9.00. The number of allylic oxidation sites excluding steroid dienone is 3. The SMILES string of the molecule is C=N/C(O)=C\C(=C/C)C(C)C. The van der Waals surface area contributed by atoms with E-state index in [1.807, 2.05) is 13.0 Å². The maximum absolute atomic E-state index is 9.00. The molecule has 0 unspecified atom stereocenters. The number of hydrogen-bond acceptors (Lipinski definition) is 2. The molecule has 0 aliphatic heterocycles. The molecule has 0 radical (unpaired) electrons. The first kappa shape index (κ1) is 9.95. The number of nitrogens with zero attached hydrogens (tertiary/aromatic N) is 1. The van der Waals surface area contributed by atoms with E-state index in [1.165, 1.54) is 0 Å². The molecule has 62 valence electrons. The van der Waals surface area contributed by atoms with Crippen LogP contribution in [-0.2, 0) is 0 Å². The second kappa shape index (κ2) is 4.72. The Morgan fingerprint density at radius 2 is 2.09 bits per heavy atom. The molecule has 0 aromatic heterocycles. The average molecular weight is 153 g/mol. The van der Waals surface area contributed by atoms with Gasteiger partial charge in [-0.3, -0.25) is 0 Å². The van der Waals surface area contributed by atoms with Crippen molar-refractivity contribution < 1.29 is 5.11 Å². The zero-order valence-electron chi connectivity index (χ0n) is 7.33. The molecule has 0 amide bonds. The highest BCUT2D eigenvalue weighted by atomic mass is 16.3. The van der Waals surface area contributed by atoms with Crippen LogP contribution in [0.25, 0.3) is 0 Å². The Bertz CT molecular complexity index is 190. The van der Waals surface area contributed by atoms with Gasteiger partial charge in [0.25, 0.3) is 0 Å². The lowest BCUT2D eigenvalue weighted by Gasteiger charge is -2.04. The summed E-state index contributed by atoms with van der Waals surface area (Å²) in [5.74, 6) is 0.385. The molecule has 0 atom stereocenters. The van der Waals surface area contributed by atoms with Gasteiger partial charge in [-0.2, -0.15) is 0 Å². The second-order valence-electron chi connectivity index (χ2n) is 2.60. The van der Waals surface area contributed by atoms with Crippen molar-refractivity contribution in [2.24, 2.45) is 10.9 Å². The van der Waals surface area contributed by atoms with Crippen LogP contribution in [0.15, 0.2) is 28.6 Å². The summed E-state index contributed by atoms with van der Waals surface area (Å²) in [6.07, 6.45) is 3.57. The molecule has 2 nitrogen and oxygen atoms in total. The van der Waals surface area contributed by atoms with Crippen molar-refractivity contribution >= 4 is 6.72 Å². The number of hydrogen-bond donors (Lipinski definition) is 1. The lowest BCUT2D eigenvalue weighted by molar-refractivity contribution is 0.406. The van der Waals surface area contributed by atoms with Crippen molar-refractivity contribution in [2.75, 3.05) is 0 Å². The smallest absolute Gasteiger partial charge is 0.210 e. The fraction of sp³-hybridized carbons (Fsp3) is 0.444. The molecule has 2 heteroatoms. The molecule has 0 spiro atoms. The van der Waals surface area contributed by atoms with E-state index in [0.717, 1.165) is 5.57 Å². The highest BCUT2D eigenvalue weighted by molar-refractivity contribution is 5.30. The van der Waals surface area contributed by atoms with Crippen molar-refractivity contribution in [3.63, 3.8) is 0 Å². The molecule has 0 aromatic carbocycles. The van der Waals surface area contributed by atoms with E-state index in [-0.39, 0.29) is 5.88 Å². The van der Waals surface area contributed by atoms with Crippen LogP contribution >= 0.6 is 0 Å². The predicted molar refractivity (Wildman–Crippen MR) is 48.9 cm³/mol. The Labute approximate surface area is 68.0 Å². The van der Waals surface area contributed by atoms with Crippen molar-refractivity contribution in [2.45, 2.75) is 20.8 Å². The third kappa shape index (κ3) is 3.61. The Morgan fingerprint density at radius 1 is 1.55 bits per heavy atom. The van der Waals surface area contributed by atoms with Gasteiger partial charge in [-0.1, -0.05) is 19.9 Å². The summed E-state index contributed by atoms with van der Waals surface area (Å²) in [5, 5.41) is 9.00. The fourth-order valence-corrected chi connectivity index (χ4v) is 0.778. The molecule has 11 heavy (non-hydrogen) atoms. The molecule has 0 aliphatic carbocycles. The van der Waals surface area contributed by atoms with E-state index in [0.29, 0.717) is 5.92 Å². The normalized spacial score (nSPS) is 13.8. The first-order chi connectivity index (χ1) is 5.11. The highest BCUT2D eigenvalue weighted by Gasteiger charge is 1.98. The fourth-order valence-electron chi connectivity index (χ4n) is 0.778. The number of rotatable bonds is 3. The topological polar surface area (TPSA) is 32.6 Å². The highest BCUT2D eigenvalue weighted by Crippen LogP contribution is 2.12. The Morgan fingerprint density at radius 3 is 2.36 bits per heavy atom. The lowest BCUT2D eigenvalue weighted by Crippen LogP contribution is -1.91. The maximum Gasteiger partial charge on any atom is 0.210 e. The van der Waals surface area contributed by atoms with Gasteiger partial charge in [-0.25, -0.2) is 4.99 Å². The van der Waals surface area contributed by atoms with Crippen LogP contribution in [0.3, 0.4) is 0 Å². The van der Waals surface area contributed by atoms with Crippen molar-refractivity contribution in [1.29, 1.82) is 0 Å². The molecular weight excluding hydrogens is 138 g/mol. The minimum Gasteiger partial charge on any atom is -0.493 e. The first-order valence-electron chi connectivity index (χ1n) is 3.65. The quantitative estimate of drug-likeness (QED) is 0.377. The van der Waals surface area contributed by atoms with Gasteiger partial charge in [0.05, 0.1) is 0 Å². The van der Waals surface area contributed by atoms with Crippen LogP contribution in [-0.4, -0.2) is 11.8 Å². The number of aliphatic hydroxyl groups excluding tert-OH is 1. The summed E-state index contributed by atoms with van der Waals surface area (Å²) in [6.45, 7) is 9.26. The Kier molecular flexibility index (Phi) is 4.27. The molecule has 0 bridgehead atoms. The molecule has 0 heterocycles. The first-order valence-corrected chi connectivity index (χ1v) is 3.65. The Hall–Kier alpha value is -1.05. The average Bonchev–Trinajstić information content (AvgIpc) is 1.99. The molecule has 0 aliphatic rings. The van der Waals surface area contributed by atoms with Gasteiger partial charge in [0.2, 0.25) is 5.88 Å². The molecular formula is C9H15NO. The zero-order chi connectivity index (χ0) is 8.85. The van der Waals surface area contributed by atoms with Crippen LogP contribution in [0.2, 0.25) is 0 Å². The van der Waals surface area contributed by atoms with Crippen LogP contribution in [0.1, 0.15) is 20.8 Å². The summed E-state index contributed by atoms with van der Waals surface area (Å²) in [6, 6.07) is 0. The lowest BCUT2D eigenvalue weighted by atomic mass is 10.0. The van der Waals surface area contributed by atoms with Gasteiger partial charge in [0.15, 0.2) is 0 Å². The summed E-state index contributed by atoms with van der Waals surface area (Å²) in [4.78, 5) is 3.38. The van der Waals surface area contributed by atoms with Gasteiger partial charge in [-0.15, -0.1) is 0 Å². The number of aliphatic hydroxyl groups is 1. The van der Waals surface area contributed by atoms with Crippen LogP contribution in [0.5, 0.6) is 0 Å². The second-order valence-corrected chi connectivity index (χ2v) is 2.60. The minimum atomic E-state index is -0.0215. The molecule has 0 saturated carbocycles. The van der Waals surface area contributed by atoms with E-state index < -0.39 is 0 Å². The zero-order valence-corrected chi connectivity index (χ0v) is 7.33. The standard InChI is InChI=1S/C9H15NO/c1-5-8(7(2)3)6-9(11)10-4/h5-7,11H,4H2,1-3H3/b8-5+,9-6+.